The molecular weight excluding hydrogens is 293 g/mol. The third-order valence-electron chi connectivity index (χ3n) is 3.98. The Morgan fingerprint density at radius 2 is 2.06 bits per heavy atom. The summed E-state index contributed by atoms with van der Waals surface area (Å²) in [5.74, 6) is 0.631. The van der Waals surface area contributed by atoms with Gasteiger partial charge in [-0.15, -0.1) is 0 Å². The topological polar surface area (TPSA) is 12.0 Å². The lowest BCUT2D eigenvalue weighted by Crippen LogP contribution is -2.21. The van der Waals surface area contributed by atoms with Crippen molar-refractivity contribution in [3.63, 3.8) is 0 Å². The summed E-state index contributed by atoms with van der Waals surface area (Å²) in [7, 11) is 1.99. The van der Waals surface area contributed by atoms with Crippen molar-refractivity contribution in [3.05, 3.63) is 34.1 Å². The van der Waals surface area contributed by atoms with Crippen molar-refractivity contribution in [2.24, 2.45) is 5.92 Å². The van der Waals surface area contributed by atoms with Crippen molar-refractivity contribution in [3.8, 4) is 0 Å². The van der Waals surface area contributed by atoms with Crippen LogP contribution in [0, 0.1) is 11.7 Å². The van der Waals surface area contributed by atoms with Crippen LogP contribution in [0.4, 0.5) is 4.39 Å². The van der Waals surface area contributed by atoms with E-state index in [0.717, 1.165) is 16.8 Å². The molecule has 1 unspecified atom stereocenters. The molecule has 100 valence electrons. The van der Waals surface area contributed by atoms with Crippen LogP contribution < -0.4 is 5.32 Å². The molecule has 1 aromatic rings. The van der Waals surface area contributed by atoms with Crippen LogP contribution in [0.5, 0.6) is 0 Å². The van der Waals surface area contributed by atoms with Gasteiger partial charge in [0.25, 0.3) is 0 Å². The first-order valence-electron chi connectivity index (χ1n) is 6.83. The fourth-order valence-electron chi connectivity index (χ4n) is 2.94. The zero-order valence-corrected chi connectivity index (χ0v) is 12.5. The van der Waals surface area contributed by atoms with E-state index < -0.39 is 0 Å². The van der Waals surface area contributed by atoms with Crippen LogP contribution in [-0.4, -0.2) is 7.05 Å². The van der Waals surface area contributed by atoms with E-state index in [2.05, 4.69) is 21.2 Å². The molecule has 3 heteroatoms. The van der Waals surface area contributed by atoms with Gasteiger partial charge < -0.3 is 5.32 Å². The minimum Gasteiger partial charge on any atom is -0.313 e. The number of nitrogens with one attached hydrogen (secondary N) is 1. The van der Waals surface area contributed by atoms with Gasteiger partial charge in [-0.3, -0.25) is 0 Å². The smallest absolute Gasteiger partial charge is 0.124 e. The van der Waals surface area contributed by atoms with E-state index in [1.807, 2.05) is 13.1 Å². The lowest BCUT2D eigenvalue weighted by molar-refractivity contribution is 0.305. The van der Waals surface area contributed by atoms with Crippen LogP contribution in [0.2, 0.25) is 0 Å². The van der Waals surface area contributed by atoms with E-state index in [1.165, 1.54) is 37.7 Å². The molecule has 0 aromatic heterocycles. The summed E-state index contributed by atoms with van der Waals surface area (Å²) in [5, 5.41) is 3.37. The van der Waals surface area contributed by atoms with E-state index in [1.54, 1.807) is 12.1 Å². The first kappa shape index (κ1) is 14.0. The van der Waals surface area contributed by atoms with Gasteiger partial charge in [0.1, 0.15) is 5.82 Å². The minimum absolute atomic E-state index is 0.182. The lowest BCUT2D eigenvalue weighted by atomic mass is 9.83. The Morgan fingerprint density at radius 3 is 2.67 bits per heavy atom. The summed E-state index contributed by atoms with van der Waals surface area (Å²) in [5.41, 5.74) is 1.17. The van der Waals surface area contributed by atoms with Crippen molar-refractivity contribution in [1.82, 2.24) is 5.32 Å². The average molecular weight is 314 g/mol. The maximum absolute atomic E-state index is 13.1. The molecule has 1 saturated carbocycles. The van der Waals surface area contributed by atoms with Crippen molar-refractivity contribution >= 4 is 15.9 Å². The van der Waals surface area contributed by atoms with E-state index in [4.69, 9.17) is 0 Å². The van der Waals surface area contributed by atoms with Gasteiger partial charge in [0, 0.05) is 10.5 Å². The summed E-state index contributed by atoms with van der Waals surface area (Å²) in [6.45, 7) is 0. The minimum atomic E-state index is -0.182. The molecule has 1 nitrogen and oxygen atoms in total. The van der Waals surface area contributed by atoms with Crippen LogP contribution in [0.25, 0.3) is 0 Å². The second-order valence-electron chi connectivity index (χ2n) is 5.25. The molecule has 1 aliphatic carbocycles. The van der Waals surface area contributed by atoms with Gasteiger partial charge in [0.2, 0.25) is 0 Å². The van der Waals surface area contributed by atoms with Crippen molar-refractivity contribution in [2.45, 2.75) is 44.6 Å². The highest BCUT2D eigenvalue weighted by Gasteiger charge is 2.20. The Bertz CT molecular complexity index is 388. The first-order valence-corrected chi connectivity index (χ1v) is 7.62. The standard InChI is InChI=1S/C15H21BrFN/c1-18-15(9-11-5-3-2-4-6-11)13-8-7-12(17)10-14(13)16/h7-8,10-11,15,18H,2-6,9H2,1H3. The van der Waals surface area contributed by atoms with E-state index in [0.29, 0.717) is 6.04 Å². The van der Waals surface area contributed by atoms with Gasteiger partial charge in [0.05, 0.1) is 0 Å². The summed E-state index contributed by atoms with van der Waals surface area (Å²) in [6, 6.07) is 5.32. The van der Waals surface area contributed by atoms with Gasteiger partial charge >= 0.3 is 0 Å². The third-order valence-corrected chi connectivity index (χ3v) is 4.67. The Labute approximate surface area is 117 Å². The van der Waals surface area contributed by atoms with Crippen molar-refractivity contribution in [1.29, 1.82) is 0 Å². The van der Waals surface area contributed by atoms with Gasteiger partial charge in [-0.05, 0) is 37.1 Å². The lowest BCUT2D eigenvalue weighted by Gasteiger charge is -2.27. The molecule has 0 spiro atoms. The van der Waals surface area contributed by atoms with Gasteiger partial charge in [0.15, 0.2) is 0 Å². The predicted octanol–water partition coefficient (Wildman–Crippen LogP) is 4.82. The highest BCUT2D eigenvalue weighted by Crippen LogP contribution is 2.34. The Hall–Kier alpha value is -0.410. The quantitative estimate of drug-likeness (QED) is 0.840. The summed E-state index contributed by atoms with van der Waals surface area (Å²) in [4.78, 5) is 0. The fraction of sp³-hybridized carbons (Fsp3) is 0.600. The third kappa shape index (κ3) is 3.55. The van der Waals surface area contributed by atoms with E-state index >= 15 is 0 Å². The van der Waals surface area contributed by atoms with Crippen LogP contribution in [0.3, 0.4) is 0 Å². The monoisotopic (exact) mass is 313 g/mol. The zero-order valence-electron chi connectivity index (χ0n) is 10.9. The molecule has 1 aliphatic rings. The second-order valence-corrected chi connectivity index (χ2v) is 6.10. The number of halogens is 2. The van der Waals surface area contributed by atoms with E-state index in [9.17, 15) is 4.39 Å². The largest absolute Gasteiger partial charge is 0.313 e. The molecular formula is C15H21BrFN. The first-order chi connectivity index (χ1) is 8.70. The van der Waals surface area contributed by atoms with Crippen LogP contribution in [0.1, 0.15) is 50.1 Å². The maximum Gasteiger partial charge on any atom is 0.124 e. The summed E-state index contributed by atoms with van der Waals surface area (Å²) in [6.07, 6.45) is 7.97. The molecule has 0 amide bonds. The Morgan fingerprint density at radius 1 is 1.33 bits per heavy atom. The Kier molecular flexibility index (Phi) is 5.19. The van der Waals surface area contributed by atoms with Crippen LogP contribution in [0.15, 0.2) is 22.7 Å². The molecule has 1 N–H and O–H groups in total. The van der Waals surface area contributed by atoms with E-state index in [-0.39, 0.29) is 5.82 Å². The number of benzene rings is 1. The molecule has 2 rings (SSSR count). The maximum atomic E-state index is 13.1. The highest BCUT2D eigenvalue weighted by atomic mass is 79.9. The number of hydrogen-bond donors (Lipinski definition) is 1. The summed E-state index contributed by atoms with van der Waals surface area (Å²) >= 11 is 3.47. The average Bonchev–Trinajstić information content (AvgIpc) is 2.38. The van der Waals surface area contributed by atoms with Crippen LogP contribution >= 0.6 is 15.9 Å². The van der Waals surface area contributed by atoms with Gasteiger partial charge in [-0.25, -0.2) is 4.39 Å². The predicted molar refractivity (Wildman–Crippen MR) is 77.1 cm³/mol. The van der Waals surface area contributed by atoms with Crippen LogP contribution in [-0.2, 0) is 0 Å². The molecule has 0 radical (unpaired) electrons. The molecule has 0 saturated heterocycles. The Balaban J connectivity index is 2.07. The van der Waals surface area contributed by atoms with Crippen molar-refractivity contribution in [2.75, 3.05) is 7.05 Å². The number of hydrogen-bond acceptors (Lipinski definition) is 1. The molecule has 1 aromatic carbocycles. The molecule has 1 atom stereocenters. The second kappa shape index (κ2) is 6.67. The summed E-state index contributed by atoms with van der Waals surface area (Å²) < 4.78 is 14.0. The molecule has 0 bridgehead atoms. The molecule has 0 aliphatic heterocycles. The number of rotatable bonds is 4. The SMILES string of the molecule is CNC(CC1CCCCC1)c1ccc(F)cc1Br. The highest BCUT2D eigenvalue weighted by molar-refractivity contribution is 9.10. The van der Waals surface area contributed by atoms with Gasteiger partial charge in [-0.1, -0.05) is 54.1 Å². The normalized spacial score (nSPS) is 18.8. The molecule has 18 heavy (non-hydrogen) atoms. The molecule has 1 fully saturated rings. The molecule has 0 heterocycles. The van der Waals surface area contributed by atoms with Crippen molar-refractivity contribution < 1.29 is 4.39 Å². The van der Waals surface area contributed by atoms with Gasteiger partial charge in [-0.2, -0.15) is 0 Å². The fourth-order valence-corrected chi connectivity index (χ4v) is 3.57. The zero-order chi connectivity index (χ0) is 13.0.